The molecular formula is C23H24N4OS. The van der Waals surface area contributed by atoms with Gasteiger partial charge in [0.2, 0.25) is 0 Å². The van der Waals surface area contributed by atoms with Crippen molar-refractivity contribution in [3.8, 4) is 11.4 Å². The van der Waals surface area contributed by atoms with Crippen molar-refractivity contribution < 1.29 is 4.84 Å². The highest BCUT2D eigenvalue weighted by molar-refractivity contribution is 7.18. The molecule has 2 aromatic heterocycles. The number of rotatable bonds is 5. The van der Waals surface area contributed by atoms with Crippen LogP contribution in [0.15, 0.2) is 67.0 Å². The van der Waals surface area contributed by atoms with Gasteiger partial charge in [-0.15, -0.1) is 16.4 Å². The van der Waals surface area contributed by atoms with Crippen LogP contribution in [-0.4, -0.2) is 45.7 Å². The van der Waals surface area contributed by atoms with E-state index in [0.29, 0.717) is 0 Å². The van der Waals surface area contributed by atoms with Crippen LogP contribution >= 0.6 is 11.3 Å². The second kappa shape index (κ2) is 7.99. The van der Waals surface area contributed by atoms with E-state index < -0.39 is 0 Å². The second-order valence-electron chi connectivity index (χ2n) is 7.42. The number of para-hydroxylation sites is 1. The minimum Gasteiger partial charge on any atom is -0.406 e. The molecule has 0 bridgehead atoms. The molecule has 1 aliphatic heterocycles. The lowest BCUT2D eigenvalue weighted by molar-refractivity contribution is -0.0895. The summed E-state index contributed by atoms with van der Waals surface area (Å²) in [4.78, 5) is 13.1. The van der Waals surface area contributed by atoms with Gasteiger partial charge in [-0.3, -0.25) is 4.90 Å². The standard InChI is InChI=1S/C23H24N4OS/c1-18-24-22-15-21(7-8-23(22)29-18)28-27-13-11-25(12-14-27)16-19-9-10-26(17-19)20-5-3-2-4-6-20/h2-10,15,17H,11-14,16H2,1H3. The van der Waals surface area contributed by atoms with Crippen LogP contribution in [-0.2, 0) is 6.54 Å². The van der Waals surface area contributed by atoms with Crippen LogP contribution in [0.4, 0.5) is 0 Å². The summed E-state index contributed by atoms with van der Waals surface area (Å²) in [6.07, 6.45) is 4.36. The molecule has 1 aliphatic rings. The number of nitrogens with zero attached hydrogens (tertiary/aromatic N) is 4. The van der Waals surface area contributed by atoms with E-state index in [4.69, 9.17) is 4.84 Å². The van der Waals surface area contributed by atoms with Crippen LogP contribution in [0.1, 0.15) is 10.6 Å². The smallest absolute Gasteiger partial charge is 0.149 e. The molecule has 4 aromatic rings. The molecule has 0 amide bonds. The molecule has 0 aliphatic carbocycles. The van der Waals surface area contributed by atoms with Crippen molar-refractivity contribution in [3.05, 3.63) is 77.6 Å². The minimum atomic E-state index is 0.871. The first-order valence-corrected chi connectivity index (χ1v) is 10.8. The fourth-order valence-corrected chi connectivity index (χ4v) is 4.57. The number of fused-ring (bicyclic) bond motifs is 1. The fraction of sp³-hybridized carbons (Fsp3) is 0.261. The maximum absolute atomic E-state index is 6.10. The normalized spacial score (nSPS) is 15.8. The minimum absolute atomic E-state index is 0.871. The fourth-order valence-electron chi connectivity index (χ4n) is 3.76. The zero-order valence-electron chi connectivity index (χ0n) is 16.5. The van der Waals surface area contributed by atoms with Crippen LogP contribution in [0.2, 0.25) is 0 Å². The highest BCUT2D eigenvalue weighted by atomic mass is 32.1. The van der Waals surface area contributed by atoms with Crippen molar-refractivity contribution in [1.29, 1.82) is 0 Å². The Kier molecular flexibility index (Phi) is 5.06. The van der Waals surface area contributed by atoms with E-state index in [1.54, 1.807) is 11.3 Å². The van der Waals surface area contributed by atoms with Crippen molar-refractivity contribution in [2.24, 2.45) is 0 Å². The highest BCUT2D eigenvalue weighted by Crippen LogP contribution is 2.26. The number of aryl methyl sites for hydroxylation is 1. The summed E-state index contributed by atoms with van der Waals surface area (Å²) in [5, 5.41) is 3.15. The van der Waals surface area contributed by atoms with E-state index in [2.05, 4.69) is 68.3 Å². The Morgan fingerprint density at radius 1 is 1.00 bits per heavy atom. The number of hydroxylamine groups is 2. The lowest BCUT2D eigenvalue weighted by Gasteiger charge is -2.33. The van der Waals surface area contributed by atoms with Gasteiger partial charge in [0.15, 0.2) is 0 Å². The molecular weight excluding hydrogens is 380 g/mol. The van der Waals surface area contributed by atoms with Crippen LogP contribution in [0.3, 0.4) is 0 Å². The number of piperazine rings is 1. The number of hydrogen-bond donors (Lipinski definition) is 0. The van der Waals surface area contributed by atoms with Gasteiger partial charge in [0.1, 0.15) is 5.75 Å². The average molecular weight is 405 g/mol. The molecule has 1 fully saturated rings. The summed E-state index contributed by atoms with van der Waals surface area (Å²) in [6, 6.07) is 18.8. The second-order valence-corrected chi connectivity index (χ2v) is 8.66. The largest absolute Gasteiger partial charge is 0.406 e. The van der Waals surface area contributed by atoms with Gasteiger partial charge < -0.3 is 9.40 Å². The van der Waals surface area contributed by atoms with Crippen LogP contribution in [0.5, 0.6) is 5.75 Å². The summed E-state index contributed by atoms with van der Waals surface area (Å²) < 4.78 is 3.40. The maximum atomic E-state index is 6.10. The van der Waals surface area contributed by atoms with Crippen LogP contribution in [0.25, 0.3) is 15.9 Å². The molecule has 6 heteroatoms. The van der Waals surface area contributed by atoms with E-state index in [1.807, 2.05) is 25.1 Å². The van der Waals surface area contributed by atoms with Crippen LogP contribution in [0, 0.1) is 6.92 Å². The Morgan fingerprint density at radius 2 is 1.83 bits per heavy atom. The lowest BCUT2D eigenvalue weighted by Crippen LogP contribution is -2.47. The van der Waals surface area contributed by atoms with Gasteiger partial charge >= 0.3 is 0 Å². The summed E-state index contributed by atoms with van der Waals surface area (Å²) in [6.45, 7) is 6.79. The first kappa shape index (κ1) is 18.4. The molecule has 5 nitrogen and oxygen atoms in total. The Hall–Kier alpha value is -2.67. The number of thiazole rings is 1. The predicted molar refractivity (Wildman–Crippen MR) is 118 cm³/mol. The van der Waals surface area contributed by atoms with Crippen LogP contribution < -0.4 is 4.84 Å². The van der Waals surface area contributed by atoms with Crippen molar-refractivity contribution in [3.63, 3.8) is 0 Å². The Labute approximate surface area is 174 Å². The van der Waals surface area contributed by atoms with Gasteiger partial charge in [-0.2, -0.15) is 0 Å². The van der Waals surface area contributed by atoms with Gasteiger partial charge in [0.25, 0.3) is 0 Å². The van der Waals surface area contributed by atoms with E-state index in [1.165, 1.54) is 16.0 Å². The molecule has 1 saturated heterocycles. The molecule has 0 radical (unpaired) electrons. The van der Waals surface area contributed by atoms with E-state index in [9.17, 15) is 0 Å². The lowest BCUT2D eigenvalue weighted by atomic mass is 10.2. The first-order valence-electron chi connectivity index (χ1n) is 9.98. The van der Waals surface area contributed by atoms with E-state index in [0.717, 1.165) is 49.0 Å². The molecule has 0 saturated carbocycles. The summed E-state index contributed by atoms with van der Waals surface area (Å²) in [7, 11) is 0. The number of aromatic nitrogens is 2. The molecule has 2 aromatic carbocycles. The Morgan fingerprint density at radius 3 is 2.66 bits per heavy atom. The van der Waals surface area contributed by atoms with E-state index in [-0.39, 0.29) is 0 Å². The molecule has 0 unspecified atom stereocenters. The van der Waals surface area contributed by atoms with Gasteiger partial charge in [0.05, 0.1) is 15.2 Å². The highest BCUT2D eigenvalue weighted by Gasteiger charge is 2.19. The maximum Gasteiger partial charge on any atom is 0.149 e. The third-order valence-electron chi connectivity index (χ3n) is 5.25. The summed E-state index contributed by atoms with van der Waals surface area (Å²) >= 11 is 1.72. The molecule has 29 heavy (non-hydrogen) atoms. The molecule has 3 heterocycles. The molecule has 5 rings (SSSR count). The van der Waals surface area contributed by atoms with Gasteiger partial charge in [0, 0.05) is 56.9 Å². The summed E-state index contributed by atoms with van der Waals surface area (Å²) in [5.74, 6) is 0.871. The number of hydrogen-bond acceptors (Lipinski definition) is 5. The molecule has 0 spiro atoms. The SMILES string of the molecule is Cc1nc2cc(ON3CCN(Cc4ccn(-c5ccccc5)c4)CC3)ccc2s1. The molecule has 0 N–H and O–H groups in total. The van der Waals surface area contributed by atoms with Gasteiger partial charge in [-0.05, 0) is 42.8 Å². The topological polar surface area (TPSA) is 33.5 Å². The van der Waals surface area contributed by atoms with Gasteiger partial charge in [-0.1, -0.05) is 18.2 Å². The average Bonchev–Trinajstić information content (AvgIpc) is 3.35. The quantitative estimate of drug-likeness (QED) is 0.490. The zero-order chi connectivity index (χ0) is 19.6. The van der Waals surface area contributed by atoms with Gasteiger partial charge in [-0.25, -0.2) is 4.98 Å². The van der Waals surface area contributed by atoms with Crippen molar-refractivity contribution in [1.82, 2.24) is 19.5 Å². The van der Waals surface area contributed by atoms with Crippen molar-refractivity contribution >= 4 is 21.6 Å². The summed E-state index contributed by atoms with van der Waals surface area (Å²) in [5.41, 5.74) is 3.56. The van der Waals surface area contributed by atoms with Crippen molar-refractivity contribution in [2.75, 3.05) is 26.2 Å². The third-order valence-corrected chi connectivity index (χ3v) is 6.20. The Bertz CT molecular complexity index is 1100. The molecule has 148 valence electrons. The predicted octanol–water partition coefficient (Wildman–Crippen LogP) is 4.51. The molecule has 0 atom stereocenters. The number of benzene rings is 2. The van der Waals surface area contributed by atoms with Crippen molar-refractivity contribution in [2.45, 2.75) is 13.5 Å². The Balaban J connectivity index is 1.16. The van der Waals surface area contributed by atoms with E-state index >= 15 is 0 Å². The first-order chi connectivity index (χ1) is 14.2. The zero-order valence-corrected chi connectivity index (χ0v) is 17.3. The third kappa shape index (κ3) is 4.19. The monoisotopic (exact) mass is 404 g/mol.